The average molecular weight is 505 g/mol. The van der Waals surface area contributed by atoms with Gasteiger partial charge in [0, 0.05) is 5.69 Å². The summed E-state index contributed by atoms with van der Waals surface area (Å²) in [5, 5.41) is 3.23. The zero-order valence-corrected chi connectivity index (χ0v) is 17.5. The van der Waals surface area contributed by atoms with Crippen molar-refractivity contribution in [2.24, 2.45) is 0 Å². The SMILES string of the molecule is COc1c(Cl)cc(Cl)c(OC)c1C(=O)NC(=O)Nc1cc(C(F)(F)F)cc(C(F)(F)F)c1. The van der Waals surface area contributed by atoms with E-state index in [1.54, 1.807) is 10.6 Å². The molecule has 14 heteroatoms. The molecule has 0 heterocycles. The highest BCUT2D eigenvalue weighted by Crippen LogP contribution is 2.41. The van der Waals surface area contributed by atoms with Gasteiger partial charge in [0.2, 0.25) is 0 Å². The molecule has 0 spiro atoms. The van der Waals surface area contributed by atoms with Gasteiger partial charge in [-0.3, -0.25) is 10.1 Å². The number of hydrogen-bond donors (Lipinski definition) is 2. The first kappa shape index (κ1) is 25.4. The predicted octanol–water partition coefficient (Wildman–Crippen LogP) is 6.01. The molecule has 0 atom stereocenters. The van der Waals surface area contributed by atoms with E-state index < -0.39 is 46.7 Å². The fourth-order valence-electron chi connectivity index (χ4n) is 2.54. The van der Waals surface area contributed by atoms with Gasteiger partial charge in [0.15, 0.2) is 11.5 Å². The number of alkyl halides is 6. The number of rotatable bonds is 4. The number of imide groups is 1. The molecule has 2 aromatic rings. The van der Waals surface area contributed by atoms with E-state index in [4.69, 9.17) is 32.7 Å². The summed E-state index contributed by atoms with van der Waals surface area (Å²) in [6.07, 6.45) is -10.2. The zero-order chi connectivity index (χ0) is 24.4. The lowest BCUT2D eigenvalue weighted by atomic mass is 10.1. The molecule has 0 radical (unpaired) electrons. The molecule has 2 N–H and O–H groups in total. The average Bonchev–Trinajstić information content (AvgIpc) is 2.65. The Hall–Kier alpha value is -2.86. The summed E-state index contributed by atoms with van der Waals surface area (Å²) in [6.45, 7) is 0. The summed E-state index contributed by atoms with van der Waals surface area (Å²) in [5.74, 6) is -1.68. The van der Waals surface area contributed by atoms with Crippen LogP contribution < -0.4 is 20.1 Å². The van der Waals surface area contributed by atoms with Crippen molar-refractivity contribution in [3.05, 3.63) is 51.0 Å². The summed E-state index contributed by atoms with van der Waals surface area (Å²) >= 11 is 11.9. The Balaban J connectivity index is 2.37. The molecule has 0 aliphatic rings. The smallest absolute Gasteiger partial charge is 0.416 e. The van der Waals surface area contributed by atoms with Crippen molar-refractivity contribution >= 4 is 40.8 Å². The van der Waals surface area contributed by atoms with Crippen LogP contribution in [0.25, 0.3) is 0 Å². The minimum Gasteiger partial charge on any atom is -0.494 e. The predicted molar refractivity (Wildman–Crippen MR) is 102 cm³/mol. The summed E-state index contributed by atoms with van der Waals surface area (Å²) in [4.78, 5) is 24.7. The molecule has 2 aromatic carbocycles. The Labute approximate surface area is 186 Å². The Morgan fingerprint density at radius 1 is 0.812 bits per heavy atom. The van der Waals surface area contributed by atoms with Crippen molar-refractivity contribution in [2.45, 2.75) is 12.4 Å². The number of methoxy groups -OCH3 is 2. The summed E-state index contributed by atoms with van der Waals surface area (Å²) in [6, 6.07) is 0.187. The standard InChI is InChI=1S/C18H12Cl2F6N2O4/c1-31-13-10(19)6-11(20)14(32-2)12(13)15(29)28-16(30)27-9-4-7(17(21,22)23)3-8(5-9)18(24,25)26/h3-6H,1-2H3,(H2,27,28,29,30). The fourth-order valence-corrected chi connectivity index (χ4v) is 3.16. The number of nitrogens with one attached hydrogen (secondary N) is 2. The first-order valence-corrected chi connectivity index (χ1v) is 8.96. The van der Waals surface area contributed by atoms with Gasteiger partial charge in [0.1, 0.15) is 5.56 Å². The maximum absolute atomic E-state index is 12.9. The van der Waals surface area contributed by atoms with Crippen molar-refractivity contribution in [1.82, 2.24) is 5.32 Å². The fraction of sp³-hybridized carbons (Fsp3) is 0.222. The molecule has 0 aliphatic heterocycles. The highest BCUT2D eigenvalue weighted by molar-refractivity contribution is 6.37. The molecule has 6 nitrogen and oxygen atoms in total. The van der Waals surface area contributed by atoms with Crippen LogP contribution in [0.5, 0.6) is 11.5 Å². The van der Waals surface area contributed by atoms with Crippen molar-refractivity contribution in [1.29, 1.82) is 0 Å². The van der Waals surface area contributed by atoms with E-state index in [2.05, 4.69) is 0 Å². The van der Waals surface area contributed by atoms with E-state index in [1.165, 1.54) is 6.07 Å². The number of ether oxygens (including phenoxy) is 2. The van der Waals surface area contributed by atoms with Gasteiger partial charge < -0.3 is 14.8 Å². The van der Waals surface area contributed by atoms with Crippen LogP contribution in [-0.4, -0.2) is 26.2 Å². The minimum atomic E-state index is -5.12. The first-order chi connectivity index (χ1) is 14.7. The Kier molecular flexibility index (Phi) is 7.40. The second kappa shape index (κ2) is 9.33. The molecule has 174 valence electrons. The Morgan fingerprint density at radius 2 is 1.25 bits per heavy atom. The van der Waals surface area contributed by atoms with Gasteiger partial charge in [-0.1, -0.05) is 23.2 Å². The van der Waals surface area contributed by atoms with Gasteiger partial charge in [0.05, 0.1) is 35.4 Å². The number of carbonyl (C=O) groups is 2. The molecule has 32 heavy (non-hydrogen) atoms. The molecular formula is C18H12Cl2F6N2O4. The summed E-state index contributed by atoms with van der Waals surface area (Å²) in [5.41, 5.74) is -4.60. The molecule has 2 rings (SSSR count). The number of amides is 3. The molecule has 0 unspecified atom stereocenters. The maximum atomic E-state index is 12.9. The largest absolute Gasteiger partial charge is 0.494 e. The van der Waals surface area contributed by atoms with Crippen LogP contribution in [0.2, 0.25) is 10.0 Å². The van der Waals surface area contributed by atoms with Gasteiger partial charge in [-0.15, -0.1) is 0 Å². The summed E-state index contributed by atoms with van der Waals surface area (Å²) < 4.78 is 87.6. The molecule has 0 aliphatic carbocycles. The van der Waals surface area contributed by atoms with E-state index >= 15 is 0 Å². The van der Waals surface area contributed by atoms with Crippen LogP contribution in [0.4, 0.5) is 36.8 Å². The third kappa shape index (κ3) is 5.68. The van der Waals surface area contributed by atoms with E-state index in [1.807, 2.05) is 0 Å². The number of carbonyl (C=O) groups excluding carboxylic acids is 2. The molecule has 0 saturated carbocycles. The maximum Gasteiger partial charge on any atom is 0.416 e. The highest BCUT2D eigenvalue weighted by atomic mass is 35.5. The van der Waals surface area contributed by atoms with Gasteiger partial charge in [0.25, 0.3) is 5.91 Å². The monoisotopic (exact) mass is 504 g/mol. The number of benzene rings is 2. The highest BCUT2D eigenvalue weighted by Gasteiger charge is 2.37. The first-order valence-electron chi connectivity index (χ1n) is 8.20. The van der Waals surface area contributed by atoms with Crippen LogP contribution in [0.3, 0.4) is 0 Å². The lowest BCUT2D eigenvalue weighted by molar-refractivity contribution is -0.143. The molecule has 0 bridgehead atoms. The van der Waals surface area contributed by atoms with E-state index in [0.29, 0.717) is 0 Å². The minimum absolute atomic E-state index is 0.113. The van der Waals surface area contributed by atoms with Crippen molar-refractivity contribution in [3.8, 4) is 11.5 Å². The molecule has 0 fully saturated rings. The van der Waals surface area contributed by atoms with Crippen LogP contribution >= 0.6 is 23.2 Å². The van der Waals surface area contributed by atoms with Gasteiger partial charge in [-0.2, -0.15) is 26.3 Å². The van der Waals surface area contributed by atoms with Gasteiger partial charge >= 0.3 is 18.4 Å². The summed E-state index contributed by atoms with van der Waals surface area (Å²) in [7, 11) is 2.29. The quantitative estimate of drug-likeness (QED) is 0.500. The Bertz CT molecular complexity index is 997. The number of hydrogen-bond acceptors (Lipinski definition) is 4. The lowest BCUT2D eigenvalue weighted by Crippen LogP contribution is -2.35. The zero-order valence-electron chi connectivity index (χ0n) is 16.0. The molecule has 0 saturated heterocycles. The van der Waals surface area contributed by atoms with Crippen molar-refractivity contribution in [3.63, 3.8) is 0 Å². The molecule has 0 aromatic heterocycles. The molecular weight excluding hydrogens is 493 g/mol. The van der Waals surface area contributed by atoms with Crippen LogP contribution in [0.1, 0.15) is 21.5 Å². The van der Waals surface area contributed by atoms with E-state index in [0.717, 1.165) is 14.2 Å². The van der Waals surface area contributed by atoms with Crippen LogP contribution in [0.15, 0.2) is 24.3 Å². The van der Waals surface area contributed by atoms with Crippen molar-refractivity contribution in [2.75, 3.05) is 19.5 Å². The van der Waals surface area contributed by atoms with E-state index in [-0.39, 0.29) is 39.7 Å². The number of urea groups is 1. The Morgan fingerprint density at radius 3 is 1.62 bits per heavy atom. The topological polar surface area (TPSA) is 76.7 Å². The van der Waals surface area contributed by atoms with Crippen molar-refractivity contribution < 1.29 is 45.4 Å². The molecule has 3 amide bonds. The van der Waals surface area contributed by atoms with Gasteiger partial charge in [-0.05, 0) is 24.3 Å². The lowest BCUT2D eigenvalue weighted by Gasteiger charge is -2.16. The third-order valence-corrected chi connectivity index (χ3v) is 4.41. The van der Waals surface area contributed by atoms with Crippen LogP contribution in [0, 0.1) is 0 Å². The second-order valence-electron chi connectivity index (χ2n) is 5.98. The number of halogens is 8. The third-order valence-electron chi connectivity index (χ3n) is 3.85. The second-order valence-corrected chi connectivity index (χ2v) is 6.80. The van der Waals surface area contributed by atoms with Gasteiger partial charge in [-0.25, -0.2) is 4.79 Å². The number of anilines is 1. The van der Waals surface area contributed by atoms with Crippen LogP contribution in [-0.2, 0) is 12.4 Å². The van der Waals surface area contributed by atoms with E-state index in [9.17, 15) is 35.9 Å². The normalized spacial score (nSPS) is 11.7.